The Kier molecular flexibility index (Phi) is 6.26. The number of carbonyl (C=O) groups is 3. The number of rotatable bonds is 6. The summed E-state index contributed by atoms with van der Waals surface area (Å²) >= 11 is 0. The number of halogens is 1. The Morgan fingerprint density at radius 3 is 2.33 bits per heavy atom. The zero-order valence-corrected chi connectivity index (χ0v) is 16.3. The zero-order valence-electron chi connectivity index (χ0n) is 16.3. The highest BCUT2D eigenvalue weighted by Gasteiger charge is 2.18. The molecule has 2 N–H and O–H groups in total. The van der Waals surface area contributed by atoms with E-state index in [1.807, 2.05) is 0 Å². The number of anilines is 2. The predicted octanol–water partition coefficient (Wildman–Crippen LogP) is 4.08. The molecule has 0 saturated carbocycles. The summed E-state index contributed by atoms with van der Waals surface area (Å²) in [6, 6.07) is 13.2. The smallest absolute Gasteiger partial charge is 0.342 e. The minimum absolute atomic E-state index is 0.197. The van der Waals surface area contributed by atoms with Gasteiger partial charge in [0.25, 0.3) is 11.8 Å². The Bertz CT molecular complexity index is 1090. The van der Waals surface area contributed by atoms with Gasteiger partial charge in [-0.15, -0.1) is 0 Å². The third-order valence-electron chi connectivity index (χ3n) is 4.14. The molecule has 0 aliphatic carbocycles. The van der Waals surface area contributed by atoms with Crippen molar-refractivity contribution in [2.24, 2.45) is 0 Å². The molecule has 0 atom stereocenters. The van der Waals surface area contributed by atoms with E-state index in [1.54, 1.807) is 32.0 Å². The molecular weight excluding hydrogens is 391 g/mol. The molecule has 0 aliphatic rings. The van der Waals surface area contributed by atoms with Gasteiger partial charge in [0.1, 0.15) is 22.9 Å². The van der Waals surface area contributed by atoms with E-state index >= 15 is 0 Å². The van der Waals surface area contributed by atoms with Crippen LogP contribution in [0.3, 0.4) is 0 Å². The summed E-state index contributed by atoms with van der Waals surface area (Å²) in [5.74, 6) is -1.23. The highest BCUT2D eigenvalue weighted by Crippen LogP contribution is 2.18. The molecule has 0 radical (unpaired) electrons. The molecule has 8 heteroatoms. The summed E-state index contributed by atoms with van der Waals surface area (Å²) in [4.78, 5) is 36.8. The quantitative estimate of drug-likeness (QED) is 0.597. The minimum atomic E-state index is -0.679. The minimum Gasteiger partial charge on any atom is -0.466 e. The van der Waals surface area contributed by atoms with Gasteiger partial charge in [0.05, 0.1) is 11.3 Å². The molecule has 0 bridgehead atoms. The third-order valence-corrected chi connectivity index (χ3v) is 4.14. The Labute approximate surface area is 171 Å². The Morgan fingerprint density at radius 1 is 0.967 bits per heavy atom. The van der Waals surface area contributed by atoms with Crippen molar-refractivity contribution >= 4 is 29.2 Å². The van der Waals surface area contributed by atoms with Gasteiger partial charge in [-0.2, -0.15) is 0 Å². The molecule has 0 aliphatic heterocycles. The number of furan rings is 1. The second-order valence-corrected chi connectivity index (χ2v) is 6.46. The largest absolute Gasteiger partial charge is 0.466 e. The number of hydrogen-bond acceptors (Lipinski definition) is 5. The topological polar surface area (TPSA) is 97.6 Å². The lowest BCUT2D eigenvalue weighted by molar-refractivity contribution is -0.119. The first-order valence-electron chi connectivity index (χ1n) is 9.03. The molecule has 0 fully saturated rings. The molecule has 0 saturated heterocycles. The van der Waals surface area contributed by atoms with Crippen molar-refractivity contribution in [3.63, 3.8) is 0 Å². The van der Waals surface area contributed by atoms with Gasteiger partial charge in [0.15, 0.2) is 6.61 Å². The number of nitrogens with one attached hydrogen (secondary N) is 2. The predicted molar refractivity (Wildman–Crippen MR) is 108 cm³/mol. The second kappa shape index (κ2) is 9.04. The summed E-state index contributed by atoms with van der Waals surface area (Å²) in [6.07, 6.45) is 0. The first-order chi connectivity index (χ1) is 14.3. The lowest BCUT2D eigenvalue weighted by atomic mass is 10.1. The molecule has 1 aromatic heterocycles. The molecule has 1 heterocycles. The van der Waals surface area contributed by atoms with Crippen LogP contribution in [-0.2, 0) is 9.53 Å². The number of para-hydroxylation sites is 1. The number of carbonyl (C=O) groups excluding carboxylic acids is 3. The van der Waals surface area contributed by atoms with Crippen LogP contribution < -0.4 is 10.6 Å². The summed E-state index contributed by atoms with van der Waals surface area (Å²) in [5.41, 5.74) is 1.10. The maximum absolute atomic E-state index is 13.0. The molecule has 3 aromatic rings. The SMILES string of the molecule is Cc1cc(C(=O)OCC(=O)Nc2ccccc2C(=O)Nc2ccc(F)cc2)c(C)o1. The average Bonchev–Trinajstić information content (AvgIpc) is 3.06. The monoisotopic (exact) mass is 410 g/mol. The zero-order chi connectivity index (χ0) is 21.7. The van der Waals surface area contributed by atoms with Crippen molar-refractivity contribution in [2.45, 2.75) is 13.8 Å². The lowest BCUT2D eigenvalue weighted by Crippen LogP contribution is -2.23. The molecule has 3 rings (SSSR count). The van der Waals surface area contributed by atoms with Gasteiger partial charge in [-0.25, -0.2) is 9.18 Å². The van der Waals surface area contributed by atoms with Crippen molar-refractivity contribution in [1.29, 1.82) is 0 Å². The van der Waals surface area contributed by atoms with Crippen LogP contribution >= 0.6 is 0 Å². The summed E-state index contributed by atoms with van der Waals surface area (Å²) < 4.78 is 23.3. The number of benzene rings is 2. The van der Waals surface area contributed by atoms with E-state index < -0.39 is 30.2 Å². The summed E-state index contributed by atoms with van der Waals surface area (Å²) in [6.45, 7) is 2.79. The first-order valence-corrected chi connectivity index (χ1v) is 9.03. The van der Waals surface area contributed by atoms with Gasteiger partial charge >= 0.3 is 5.97 Å². The molecule has 7 nitrogen and oxygen atoms in total. The van der Waals surface area contributed by atoms with Gasteiger partial charge in [-0.05, 0) is 56.3 Å². The average molecular weight is 410 g/mol. The number of ether oxygens (including phenoxy) is 1. The molecule has 154 valence electrons. The Hall–Kier alpha value is -3.94. The van der Waals surface area contributed by atoms with Crippen molar-refractivity contribution in [3.8, 4) is 0 Å². The number of esters is 1. The number of hydrogen-bond donors (Lipinski definition) is 2. The van der Waals surface area contributed by atoms with Crippen molar-refractivity contribution in [1.82, 2.24) is 0 Å². The fraction of sp³-hybridized carbons (Fsp3) is 0.136. The number of aryl methyl sites for hydroxylation is 2. The van der Waals surface area contributed by atoms with Crippen molar-refractivity contribution < 1.29 is 27.9 Å². The van der Waals surface area contributed by atoms with E-state index in [0.717, 1.165) is 0 Å². The van der Waals surface area contributed by atoms with Crippen LogP contribution in [0.1, 0.15) is 32.2 Å². The fourth-order valence-corrected chi connectivity index (χ4v) is 2.75. The van der Waals surface area contributed by atoms with Crippen LogP contribution in [0.2, 0.25) is 0 Å². The maximum Gasteiger partial charge on any atom is 0.342 e. The van der Waals surface area contributed by atoms with Crippen molar-refractivity contribution in [3.05, 3.63) is 83.1 Å². The third kappa shape index (κ3) is 5.11. The molecule has 30 heavy (non-hydrogen) atoms. The second-order valence-electron chi connectivity index (χ2n) is 6.46. The highest BCUT2D eigenvalue weighted by atomic mass is 19.1. The van der Waals surface area contributed by atoms with Gasteiger partial charge in [0, 0.05) is 5.69 Å². The standard InChI is InChI=1S/C22H19FN2O5/c1-13-11-18(14(2)30-13)22(28)29-12-20(26)25-19-6-4-3-5-17(19)21(27)24-16-9-7-15(23)8-10-16/h3-11H,12H2,1-2H3,(H,24,27)(H,25,26). The van der Waals surface area contributed by atoms with Crippen LogP contribution in [0.15, 0.2) is 59.0 Å². The molecule has 2 amide bonds. The Morgan fingerprint density at radius 2 is 1.67 bits per heavy atom. The van der Waals surface area contributed by atoms with E-state index in [0.29, 0.717) is 17.2 Å². The Balaban J connectivity index is 1.63. The van der Waals surface area contributed by atoms with E-state index in [1.165, 1.54) is 36.4 Å². The molecule has 0 spiro atoms. The van der Waals surface area contributed by atoms with Crippen LogP contribution in [0.25, 0.3) is 0 Å². The highest BCUT2D eigenvalue weighted by molar-refractivity contribution is 6.10. The van der Waals surface area contributed by atoms with Gasteiger partial charge < -0.3 is 19.8 Å². The summed E-state index contributed by atoms with van der Waals surface area (Å²) in [7, 11) is 0. The van der Waals surface area contributed by atoms with E-state index in [2.05, 4.69) is 10.6 Å². The molecule has 2 aromatic carbocycles. The van der Waals surface area contributed by atoms with E-state index in [-0.39, 0.29) is 16.8 Å². The van der Waals surface area contributed by atoms with E-state index in [9.17, 15) is 18.8 Å². The normalized spacial score (nSPS) is 10.4. The first kappa shape index (κ1) is 20.8. The van der Waals surface area contributed by atoms with Crippen LogP contribution in [0.4, 0.5) is 15.8 Å². The van der Waals surface area contributed by atoms with Crippen LogP contribution in [-0.4, -0.2) is 24.4 Å². The van der Waals surface area contributed by atoms with E-state index in [4.69, 9.17) is 9.15 Å². The van der Waals surface area contributed by atoms with Crippen LogP contribution in [0.5, 0.6) is 0 Å². The fourth-order valence-electron chi connectivity index (χ4n) is 2.75. The lowest BCUT2D eigenvalue weighted by Gasteiger charge is -2.11. The molecular formula is C22H19FN2O5. The van der Waals surface area contributed by atoms with Crippen LogP contribution in [0, 0.1) is 19.7 Å². The van der Waals surface area contributed by atoms with Crippen molar-refractivity contribution in [2.75, 3.05) is 17.2 Å². The summed E-state index contributed by atoms with van der Waals surface area (Å²) in [5, 5.41) is 5.18. The maximum atomic E-state index is 13.0. The van der Waals surface area contributed by atoms with Gasteiger partial charge in [-0.3, -0.25) is 9.59 Å². The number of amides is 2. The molecule has 0 unspecified atom stereocenters. The van der Waals surface area contributed by atoms with Gasteiger partial charge in [0.2, 0.25) is 0 Å². The van der Waals surface area contributed by atoms with Gasteiger partial charge in [-0.1, -0.05) is 12.1 Å².